The fourth-order valence-corrected chi connectivity index (χ4v) is 2.47. The summed E-state index contributed by atoms with van der Waals surface area (Å²) in [6.07, 6.45) is 9.36. The van der Waals surface area contributed by atoms with Gasteiger partial charge in [-0.15, -0.1) is 0 Å². The van der Waals surface area contributed by atoms with Gasteiger partial charge in [0.15, 0.2) is 0 Å². The van der Waals surface area contributed by atoms with E-state index in [2.05, 4.69) is 5.32 Å². The summed E-state index contributed by atoms with van der Waals surface area (Å²) >= 11 is 0. The van der Waals surface area contributed by atoms with Crippen molar-refractivity contribution in [1.29, 1.82) is 0 Å². The SMILES string of the molecule is CCOCCCCNCCOCC1CCCCC1. The summed E-state index contributed by atoms with van der Waals surface area (Å²) in [5.74, 6) is 0.838. The normalized spacial score (nSPS) is 17.2. The molecule has 0 atom stereocenters. The summed E-state index contributed by atoms with van der Waals surface area (Å²) in [5.41, 5.74) is 0. The highest BCUT2D eigenvalue weighted by molar-refractivity contribution is 4.64. The van der Waals surface area contributed by atoms with Crippen molar-refractivity contribution in [2.24, 2.45) is 5.92 Å². The molecule has 0 bridgehead atoms. The number of hydrogen-bond donors (Lipinski definition) is 1. The maximum atomic E-state index is 5.73. The van der Waals surface area contributed by atoms with Crippen LogP contribution in [-0.2, 0) is 9.47 Å². The molecule has 3 heteroatoms. The van der Waals surface area contributed by atoms with Crippen LogP contribution in [0.2, 0.25) is 0 Å². The van der Waals surface area contributed by atoms with Gasteiger partial charge >= 0.3 is 0 Å². The molecule has 0 aromatic heterocycles. The van der Waals surface area contributed by atoms with Crippen LogP contribution in [0, 0.1) is 5.92 Å². The Morgan fingerprint density at radius 3 is 2.56 bits per heavy atom. The van der Waals surface area contributed by atoms with Crippen LogP contribution < -0.4 is 5.32 Å². The average Bonchev–Trinajstić information content (AvgIpc) is 2.42. The van der Waals surface area contributed by atoms with Crippen LogP contribution in [0.4, 0.5) is 0 Å². The molecule has 3 nitrogen and oxygen atoms in total. The molecule has 0 unspecified atom stereocenters. The zero-order chi connectivity index (χ0) is 12.9. The van der Waals surface area contributed by atoms with E-state index in [-0.39, 0.29) is 0 Å². The Bertz CT molecular complexity index is 170. The second kappa shape index (κ2) is 11.9. The Labute approximate surface area is 113 Å². The van der Waals surface area contributed by atoms with Gasteiger partial charge in [-0.2, -0.15) is 0 Å². The van der Waals surface area contributed by atoms with Crippen molar-refractivity contribution in [3.05, 3.63) is 0 Å². The van der Waals surface area contributed by atoms with Gasteiger partial charge in [0.1, 0.15) is 0 Å². The lowest BCUT2D eigenvalue weighted by Crippen LogP contribution is -2.23. The monoisotopic (exact) mass is 257 g/mol. The van der Waals surface area contributed by atoms with Gasteiger partial charge in [-0.1, -0.05) is 19.3 Å². The van der Waals surface area contributed by atoms with E-state index in [1.54, 1.807) is 0 Å². The molecule has 0 aromatic rings. The fraction of sp³-hybridized carbons (Fsp3) is 1.00. The Morgan fingerprint density at radius 1 is 0.944 bits per heavy atom. The summed E-state index contributed by atoms with van der Waals surface area (Å²) in [6.45, 7) is 7.69. The third kappa shape index (κ3) is 8.90. The topological polar surface area (TPSA) is 30.5 Å². The van der Waals surface area contributed by atoms with E-state index in [9.17, 15) is 0 Å². The number of hydrogen-bond acceptors (Lipinski definition) is 3. The van der Waals surface area contributed by atoms with Crippen LogP contribution >= 0.6 is 0 Å². The fourth-order valence-electron chi connectivity index (χ4n) is 2.47. The third-order valence-electron chi connectivity index (χ3n) is 3.60. The van der Waals surface area contributed by atoms with E-state index in [0.717, 1.165) is 51.9 Å². The summed E-state index contributed by atoms with van der Waals surface area (Å²) in [7, 11) is 0. The smallest absolute Gasteiger partial charge is 0.0591 e. The molecule has 0 amide bonds. The highest BCUT2D eigenvalue weighted by Gasteiger charge is 2.12. The van der Waals surface area contributed by atoms with E-state index < -0.39 is 0 Å². The molecular formula is C15H31NO2. The van der Waals surface area contributed by atoms with Crippen molar-refractivity contribution >= 4 is 0 Å². The summed E-state index contributed by atoms with van der Waals surface area (Å²) in [5, 5.41) is 3.42. The minimum Gasteiger partial charge on any atom is -0.382 e. The van der Waals surface area contributed by atoms with Crippen molar-refractivity contribution in [2.45, 2.75) is 51.9 Å². The van der Waals surface area contributed by atoms with Crippen LogP contribution in [0.3, 0.4) is 0 Å². The predicted octanol–water partition coefficient (Wildman–Crippen LogP) is 2.99. The lowest BCUT2D eigenvalue weighted by atomic mass is 9.90. The van der Waals surface area contributed by atoms with E-state index in [4.69, 9.17) is 9.47 Å². The molecule has 0 spiro atoms. The number of rotatable bonds is 11. The first-order valence-electron chi connectivity index (χ1n) is 7.79. The minimum absolute atomic E-state index is 0.836. The molecule has 1 saturated carbocycles. The van der Waals surface area contributed by atoms with Gasteiger partial charge in [-0.3, -0.25) is 0 Å². The Kier molecular flexibility index (Phi) is 10.6. The zero-order valence-corrected chi connectivity index (χ0v) is 12.1. The maximum absolute atomic E-state index is 5.73. The van der Waals surface area contributed by atoms with Gasteiger partial charge in [0, 0.05) is 26.4 Å². The molecule has 1 aliphatic rings. The quantitative estimate of drug-likeness (QED) is 0.577. The van der Waals surface area contributed by atoms with Crippen molar-refractivity contribution in [3.8, 4) is 0 Å². The highest BCUT2D eigenvalue weighted by atomic mass is 16.5. The van der Waals surface area contributed by atoms with Gasteiger partial charge in [-0.05, 0) is 45.1 Å². The standard InChI is InChI=1S/C15H31NO2/c1-2-17-12-7-6-10-16-11-13-18-14-15-8-4-3-5-9-15/h15-16H,2-14H2,1H3. The van der Waals surface area contributed by atoms with E-state index in [1.807, 2.05) is 6.92 Å². The van der Waals surface area contributed by atoms with Gasteiger partial charge in [-0.25, -0.2) is 0 Å². The van der Waals surface area contributed by atoms with Crippen molar-refractivity contribution in [3.63, 3.8) is 0 Å². The molecule has 18 heavy (non-hydrogen) atoms. The van der Waals surface area contributed by atoms with Crippen molar-refractivity contribution in [1.82, 2.24) is 5.32 Å². The number of nitrogens with one attached hydrogen (secondary N) is 1. The van der Waals surface area contributed by atoms with Gasteiger partial charge in [0.25, 0.3) is 0 Å². The predicted molar refractivity (Wildman–Crippen MR) is 76.0 cm³/mol. The lowest BCUT2D eigenvalue weighted by Gasteiger charge is -2.21. The van der Waals surface area contributed by atoms with Crippen LogP contribution in [0.25, 0.3) is 0 Å². The van der Waals surface area contributed by atoms with Gasteiger partial charge < -0.3 is 14.8 Å². The van der Waals surface area contributed by atoms with Crippen LogP contribution in [0.5, 0.6) is 0 Å². The van der Waals surface area contributed by atoms with E-state index in [0.29, 0.717) is 0 Å². The summed E-state index contributed by atoms with van der Waals surface area (Å²) in [4.78, 5) is 0. The number of ether oxygens (including phenoxy) is 2. The van der Waals surface area contributed by atoms with Crippen LogP contribution in [0.15, 0.2) is 0 Å². The third-order valence-corrected chi connectivity index (χ3v) is 3.60. The average molecular weight is 257 g/mol. The highest BCUT2D eigenvalue weighted by Crippen LogP contribution is 2.23. The molecule has 1 rings (SSSR count). The second-order valence-electron chi connectivity index (χ2n) is 5.23. The molecule has 0 aromatic carbocycles. The first-order valence-corrected chi connectivity index (χ1v) is 7.79. The molecule has 0 heterocycles. The molecule has 1 fully saturated rings. The molecular weight excluding hydrogens is 226 g/mol. The Morgan fingerprint density at radius 2 is 1.78 bits per heavy atom. The first-order chi connectivity index (χ1) is 8.93. The van der Waals surface area contributed by atoms with Crippen molar-refractivity contribution in [2.75, 3.05) is 39.5 Å². The molecule has 0 aliphatic heterocycles. The van der Waals surface area contributed by atoms with Gasteiger partial charge in [0.05, 0.1) is 6.61 Å². The van der Waals surface area contributed by atoms with E-state index in [1.165, 1.54) is 38.5 Å². The molecule has 0 saturated heterocycles. The first kappa shape index (κ1) is 15.9. The van der Waals surface area contributed by atoms with Crippen molar-refractivity contribution < 1.29 is 9.47 Å². The second-order valence-corrected chi connectivity index (χ2v) is 5.23. The van der Waals surface area contributed by atoms with Crippen LogP contribution in [-0.4, -0.2) is 39.5 Å². The molecule has 1 aliphatic carbocycles. The molecule has 108 valence electrons. The largest absolute Gasteiger partial charge is 0.382 e. The Hall–Kier alpha value is -0.120. The zero-order valence-electron chi connectivity index (χ0n) is 12.1. The summed E-state index contributed by atoms with van der Waals surface area (Å²) in [6, 6.07) is 0. The van der Waals surface area contributed by atoms with Crippen LogP contribution in [0.1, 0.15) is 51.9 Å². The minimum atomic E-state index is 0.836. The summed E-state index contributed by atoms with van der Waals surface area (Å²) < 4.78 is 11.0. The Balaban J connectivity index is 1.73. The maximum Gasteiger partial charge on any atom is 0.0591 e. The molecule has 0 radical (unpaired) electrons. The van der Waals surface area contributed by atoms with Gasteiger partial charge in [0.2, 0.25) is 0 Å². The van der Waals surface area contributed by atoms with E-state index >= 15 is 0 Å². The number of unbranched alkanes of at least 4 members (excludes halogenated alkanes) is 1. The molecule has 1 N–H and O–H groups in total. The lowest BCUT2D eigenvalue weighted by molar-refractivity contribution is 0.0868.